The number of imidazole rings is 2. The summed E-state index contributed by atoms with van der Waals surface area (Å²) in [7, 11) is 1.89. The Hall–Kier alpha value is -12.4. The number of amides is 4. The number of ether oxygens (including phenoxy) is 1. The number of aromatic nitrogens is 9. The number of piperidine rings is 2. The zero-order valence-corrected chi connectivity index (χ0v) is 58.8. The van der Waals surface area contributed by atoms with E-state index in [1.165, 1.54) is 6.07 Å². The first-order valence-electron chi connectivity index (χ1n) is 35.8. The van der Waals surface area contributed by atoms with Crippen LogP contribution < -0.4 is 51.9 Å². The molecule has 6 aliphatic heterocycles. The molecule has 9 aromatic heterocycles. The minimum absolute atomic E-state index is 0.0334. The summed E-state index contributed by atoms with van der Waals surface area (Å²) < 4.78 is 26.8. The van der Waals surface area contributed by atoms with Crippen molar-refractivity contribution in [2.24, 2.45) is 7.05 Å². The summed E-state index contributed by atoms with van der Waals surface area (Å²) in [5.41, 5.74) is 17.1. The van der Waals surface area contributed by atoms with Crippen LogP contribution >= 0.6 is 0 Å². The lowest BCUT2D eigenvalue weighted by Gasteiger charge is -2.31. The fraction of sp³-hybridized carbons (Fsp3) is 0.266. The third kappa shape index (κ3) is 13.8. The summed E-state index contributed by atoms with van der Waals surface area (Å²) in [6, 6.07) is 31.8. The summed E-state index contributed by atoms with van der Waals surface area (Å²) >= 11 is 0. The Kier molecular flexibility index (Phi) is 19.1. The maximum atomic E-state index is 15.6. The molecule has 0 aliphatic carbocycles. The highest BCUT2D eigenvalue weighted by Crippen LogP contribution is 2.42. The van der Waals surface area contributed by atoms with E-state index in [1.807, 2.05) is 137 Å². The molecule has 0 spiro atoms. The molecule has 107 heavy (non-hydrogen) atoms. The number of nitrogens with one attached hydrogen (secondary N) is 7. The second kappa shape index (κ2) is 29.6. The highest BCUT2D eigenvalue weighted by atomic mass is 19.1. The number of aliphatic hydroxyl groups is 3. The monoisotopic (exact) mass is 1440 g/mol. The van der Waals surface area contributed by atoms with Crippen LogP contribution in [0.5, 0.6) is 0 Å². The van der Waals surface area contributed by atoms with E-state index in [-0.39, 0.29) is 49.0 Å². The van der Waals surface area contributed by atoms with Crippen LogP contribution in [-0.4, -0.2) is 153 Å². The molecule has 10 N–H and O–H groups in total. The van der Waals surface area contributed by atoms with Crippen LogP contribution in [0.2, 0.25) is 0 Å². The van der Waals surface area contributed by atoms with Gasteiger partial charge in [0.25, 0.3) is 23.6 Å². The summed E-state index contributed by atoms with van der Waals surface area (Å²) in [4.78, 5) is 84.4. The van der Waals surface area contributed by atoms with E-state index in [0.717, 1.165) is 157 Å². The number of anilines is 9. The van der Waals surface area contributed by atoms with Gasteiger partial charge in [-0.1, -0.05) is 12.1 Å². The molecule has 4 amide bonds. The largest absolute Gasteiger partial charge is 0.393 e. The molecule has 18 rings (SSSR count). The number of hydrogen-bond donors (Lipinski definition) is 10. The summed E-state index contributed by atoms with van der Waals surface area (Å²) in [6.07, 6.45) is 18.8. The normalized spacial score (nSPS) is 15.6. The second-order valence-electron chi connectivity index (χ2n) is 27.1. The van der Waals surface area contributed by atoms with Gasteiger partial charge in [-0.05, 0) is 151 Å². The topological polar surface area (TPSA) is 323 Å². The van der Waals surface area contributed by atoms with E-state index in [2.05, 4.69) is 81.8 Å². The SMILES string of the molecule is CCNC(=O)c1ccn2c(-c3ccc(Nc4ccc(N5CCC(O)CC5)cn4)c4c3CNC4=O)cnc2c1.Cn1ccc2c(-c3c(F)cc(Nc4ccc(N5CCC(O)CC5)cn4)c4c3CNC4=O)ccnc21.O=C1NCc2c(-c3cnc4cc(CO)ccn34)ccc(Nc3ccc(N4CCOCC4)cn3)c21. The van der Waals surface area contributed by atoms with E-state index in [9.17, 15) is 34.5 Å². The summed E-state index contributed by atoms with van der Waals surface area (Å²) in [6.45, 7) is 9.84. The maximum absolute atomic E-state index is 15.6. The van der Waals surface area contributed by atoms with Crippen molar-refractivity contribution < 1.29 is 43.6 Å². The Morgan fingerprint density at radius 1 is 0.533 bits per heavy atom. The van der Waals surface area contributed by atoms with Crippen LogP contribution in [0.25, 0.3) is 56.0 Å². The van der Waals surface area contributed by atoms with Crippen molar-refractivity contribution in [1.29, 1.82) is 0 Å². The fourth-order valence-corrected chi connectivity index (χ4v) is 14.9. The van der Waals surface area contributed by atoms with Gasteiger partial charge < -0.3 is 76.5 Å². The number of nitrogens with zero attached hydrogens (tertiary/aromatic N) is 12. The smallest absolute Gasteiger partial charge is 0.254 e. The van der Waals surface area contributed by atoms with Crippen LogP contribution in [0, 0.1) is 5.82 Å². The van der Waals surface area contributed by atoms with Crippen LogP contribution in [0.4, 0.5) is 56.0 Å². The molecule has 15 heterocycles. The van der Waals surface area contributed by atoms with Crippen molar-refractivity contribution in [3.05, 3.63) is 209 Å². The van der Waals surface area contributed by atoms with Crippen molar-refractivity contribution >= 4 is 97.5 Å². The van der Waals surface area contributed by atoms with Gasteiger partial charge >= 0.3 is 0 Å². The maximum Gasteiger partial charge on any atom is 0.254 e. The first-order valence-corrected chi connectivity index (χ1v) is 35.8. The van der Waals surface area contributed by atoms with E-state index in [1.54, 1.807) is 43.0 Å². The van der Waals surface area contributed by atoms with Gasteiger partial charge in [-0.15, -0.1) is 0 Å². The predicted molar refractivity (Wildman–Crippen MR) is 405 cm³/mol. The van der Waals surface area contributed by atoms with E-state index in [4.69, 9.17) is 4.74 Å². The highest BCUT2D eigenvalue weighted by molar-refractivity contribution is 6.09. The number of halogens is 1. The molecule has 0 unspecified atom stereocenters. The first kappa shape index (κ1) is 69.0. The van der Waals surface area contributed by atoms with E-state index >= 15 is 4.39 Å². The number of aryl methyl sites for hydroxylation is 1. The molecule has 6 aliphatic rings. The van der Waals surface area contributed by atoms with Gasteiger partial charge in [0.1, 0.15) is 40.2 Å². The average Bonchev–Trinajstić information content (AvgIpc) is 1.72. The minimum atomic E-state index is -0.414. The van der Waals surface area contributed by atoms with Gasteiger partial charge in [0.05, 0.1) is 125 Å². The lowest BCUT2D eigenvalue weighted by Crippen LogP contribution is -2.36. The number of morpholine rings is 1. The molecule has 0 atom stereocenters. The number of carbonyl (C=O) groups is 4. The van der Waals surface area contributed by atoms with Gasteiger partial charge in [0, 0.05) is 125 Å². The number of pyridine rings is 6. The van der Waals surface area contributed by atoms with Crippen molar-refractivity contribution in [1.82, 2.24) is 64.5 Å². The van der Waals surface area contributed by atoms with Gasteiger partial charge in [0.2, 0.25) is 0 Å². The predicted octanol–water partition coefficient (Wildman–Crippen LogP) is 9.53. The molecule has 27 nitrogen and oxygen atoms in total. The standard InChI is InChI=1S/C28H29N7O3.C26H25FN6O2.C25H24N6O3/c1-2-29-27(37)17-7-12-35-23(16-31-25(35)13-17)20-4-5-22(26-21(20)15-32-28(26)38)33-24-6-3-18(14-30-24)34-10-8-19(36)9-11-34;1-32-9-7-18-17(4-8-28-25(18)32)23-19-14-30-26(35)24(19)21(12-20(23)27)31-22-3-2-15(13-29-22)33-10-5-16(34)6-11-33;32-15-16-5-6-31-21(14-27-23(31)11-16)18-2-3-20(24-19(18)13-28-25(24)33)29-22-4-1-17(12-26-22)30-7-9-34-10-8-30/h3-7,12-14,16,19,36H,2,8-11,15H2,1H3,(H,29,37)(H,30,33)(H,32,38);2-4,7-9,12-13,16,34H,5-6,10-11,14H2,1H3,(H,29,31)(H,30,35);1-6,11-12,14,32H,7-10,13,15H2,(H,26,29)(H,28,33). The number of hydrogen-bond acceptors (Lipinski definition) is 20. The fourth-order valence-electron chi connectivity index (χ4n) is 14.9. The Bertz CT molecular complexity index is 5390. The molecule has 0 saturated carbocycles. The molecule has 3 aromatic carbocycles. The minimum Gasteiger partial charge on any atom is -0.393 e. The van der Waals surface area contributed by atoms with Crippen molar-refractivity contribution in [3.8, 4) is 33.6 Å². The third-order valence-corrected chi connectivity index (χ3v) is 20.5. The lowest BCUT2D eigenvalue weighted by molar-refractivity contribution is 0.0949. The van der Waals surface area contributed by atoms with Crippen LogP contribution in [0.15, 0.2) is 159 Å². The zero-order chi connectivity index (χ0) is 73.4. The second-order valence-corrected chi connectivity index (χ2v) is 27.1. The summed E-state index contributed by atoms with van der Waals surface area (Å²) in [5.74, 6) is 0.802. The van der Waals surface area contributed by atoms with Crippen LogP contribution in [-0.2, 0) is 38.0 Å². The molecule has 28 heteroatoms. The molecule has 0 bridgehead atoms. The Labute approximate surface area is 613 Å². The number of rotatable bonds is 15. The van der Waals surface area contributed by atoms with Gasteiger partial charge in [-0.25, -0.2) is 34.3 Å². The Morgan fingerprint density at radius 2 is 1.03 bits per heavy atom. The summed E-state index contributed by atoms with van der Waals surface area (Å²) in [5, 5.41) is 51.1. The van der Waals surface area contributed by atoms with Gasteiger partial charge in [-0.3, -0.25) is 28.0 Å². The molecule has 12 aromatic rings. The highest BCUT2D eigenvalue weighted by Gasteiger charge is 2.33. The van der Waals surface area contributed by atoms with Crippen molar-refractivity contribution in [2.75, 3.05) is 89.7 Å². The van der Waals surface area contributed by atoms with Gasteiger partial charge in [-0.2, -0.15) is 0 Å². The molecule has 3 saturated heterocycles. The average molecular weight is 1440 g/mol. The van der Waals surface area contributed by atoms with Crippen LogP contribution in [0.3, 0.4) is 0 Å². The lowest BCUT2D eigenvalue weighted by atomic mass is 9.94. The molecular formula is C79H78FN19O8. The molecule has 0 radical (unpaired) electrons. The van der Waals surface area contributed by atoms with Crippen LogP contribution in [0.1, 0.15) is 96.3 Å². The Balaban J connectivity index is 0.000000123. The van der Waals surface area contributed by atoms with Crippen molar-refractivity contribution in [2.45, 2.75) is 71.1 Å². The number of benzene rings is 3. The molecule has 544 valence electrons. The third-order valence-electron chi connectivity index (χ3n) is 20.5. The number of carbonyl (C=O) groups excluding carboxylic acids is 4. The number of fused-ring (bicyclic) bond motifs is 6. The molecule has 3 fully saturated rings. The Morgan fingerprint density at radius 3 is 1.54 bits per heavy atom. The zero-order valence-electron chi connectivity index (χ0n) is 58.8. The van der Waals surface area contributed by atoms with E-state index < -0.39 is 5.82 Å². The van der Waals surface area contributed by atoms with Crippen molar-refractivity contribution in [3.63, 3.8) is 0 Å². The first-order chi connectivity index (χ1) is 52.2. The van der Waals surface area contributed by atoms with E-state index in [0.29, 0.717) is 93.1 Å². The number of aliphatic hydroxyl groups excluding tert-OH is 3. The molecular weight excluding hydrogens is 1360 g/mol. The quantitative estimate of drug-likeness (QED) is 0.0456. The van der Waals surface area contributed by atoms with Gasteiger partial charge in [0.15, 0.2) is 0 Å².